The Kier molecular flexibility index (Phi) is 9.41. The van der Waals surface area contributed by atoms with Crippen molar-refractivity contribution in [2.75, 3.05) is 53.7 Å². The second-order valence-electron chi connectivity index (χ2n) is 7.22. The van der Waals surface area contributed by atoms with Crippen LogP contribution in [-0.2, 0) is 11.3 Å². The van der Waals surface area contributed by atoms with Crippen LogP contribution in [0.3, 0.4) is 0 Å². The molecule has 1 aromatic carbocycles. The zero-order valence-corrected chi connectivity index (χ0v) is 19.4. The number of morpholine rings is 1. The molecule has 1 aromatic heterocycles. The van der Waals surface area contributed by atoms with Crippen LogP contribution >= 0.6 is 0 Å². The summed E-state index contributed by atoms with van der Waals surface area (Å²) in [4.78, 5) is 14.4. The van der Waals surface area contributed by atoms with Gasteiger partial charge in [0.05, 0.1) is 20.8 Å². The zero-order chi connectivity index (χ0) is 24.3. The van der Waals surface area contributed by atoms with Crippen LogP contribution in [0.5, 0.6) is 29.5 Å². The summed E-state index contributed by atoms with van der Waals surface area (Å²) in [7, 11) is 2.99. The highest BCUT2D eigenvalue weighted by Gasteiger charge is 2.24. The van der Waals surface area contributed by atoms with Crippen molar-refractivity contribution < 1.29 is 32.8 Å². The van der Waals surface area contributed by atoms with Crippen molar-refractivity contribution in [3.8, 4) is 29.5 Å². The third-order valence-electron chi connectivity index (χ3n) is 4.80. The molecule has 0 aliphatic carbocycles. The Hall–Kier alpha value is -3.44. The summed E-state index contributed by atoms with van der Waals surface area (Å²) in [6.45, 7) is 9.85. The fourth-order valence-corrected chi connectivity index (χ4v) is 3.23. The van der Waals surface area contributed by atoms with Crippen molar-refractivity contribution in [1.82, 2.24) is 19.9 Å². The van der Waals surface area contributed by atoms with Gasteiger partial charge in [-0.1, -0.05) is 25.3 Å². The van der Waals surface area contributed by atoms with Crippen molar-refractivity contribution >= 4 is 0 Å². The smallest absolute Gasteiger partial charge is 0.326 e. The molecule has 0 saturated carbocycles. The quantitative estimate of drug-likeness (QED) is 0.401. The van der Waals surface area contributed by atoms with E-state index in [4.69, 9.17) is 28.4 Å². The molecule has 1 saturated heterocycles. The van der Waals surface area contributed by atoms with E-state index in [0.717, 1.165) is 0 Å². The van der Waals surface area contributed by atoms with Gasteiger partial charge in [-0.15, -0.1) is 15.0 Å². The van der Waals surface area contributed by atoms with Crippen molar-refractivity contribution in [3.63, 3.8) is 0 Å². The maximum atomic E-state index is 14.6. The van der Waals surface area contributed by atoms with E-state index in [2.05, 4.69) is 33.0 Å². The normalized spacial score (nSPS) is 15.9. The van der Waals surface area contributed by atoms with Crippen LogP contribution in [0, 0.1) is 5.82 Å². The van der Waals surface area contributed by atoms with E-state index in [0.29, 0.717) is 43.3 Å². The summed E-state index contributed by atoms with van der Waals surface area (Å²) in [5.74, 6) is 0.467. The maximum Gasteiger partial charge on any atom is 0.326 e. The van der Waals surface area contributed by atoms with Crippen LogP contribution in [0.2, 0.25) is 0 Å². The van der Waals surface area contributed by atoms with Crippen LogP contribution in [0.25, 0.3) is 0 Å². The SMILES string of the molecule is C=CCOc1nc(OCC=C)nc(OCC2CN(Cc3cc(OC)c(OC)cc3F)CCO2)n1. The third-order valence-corrected chi connectivity index (χ3v) is 4.80. The number of aromatic nitrogens is 3. The van der Waals surface area contributed by atoms with Gasteiger partial charge in [-0.05, 0) is 6.07 Å². The molecule has 0 spiro atoms. The number of hydrogen-bond donors (Lipinski definition) is 0. The van der Waals surface area contributed by atoms with Gasteiger partial charge in [0.15, 0.2) is 11.5 Å². The van der Waals surface area contributed by atoms with E-state index in [1.165, 1.54) is 20.3 Å². The van der Waals surface area contributed by atoms with Crippen molar-refractivity contribution in [2.24, 2.45) is 0 Å². The molecule has 1 atom stereocenters. The van der Waals surface area contributed by atoms with E-state index < -0.39 is 0 Å². The molecule has 1 aliphatic heterocycles. The third kappa shape index (κ3) is 7.03. The lowest BCUT2D eigenvalue weighted by atomic mass is 10.1. The van der Waals surface area contributed by atoms with Gasteiger partial charge < -0.3 is 28.4 Å². The minimum Gasteiger partial charge on any atom is -0.493 e. The molecule has 2 aromatic rings. The summed E-state index contributed by atoms with van der Waals surface area (Å²) in [6.07, 6.45) is 2.87. The highest BCUT2D eigenvalue weighted by atomic mass is 19.1. The Morgan fingerprint density at radius 2 is 1.59 bits per heavy atom. The molecule has 0 amide bonds. The molecule has 0 radical (unpaired) electrons. The fourth-order valence-electron chi connectivity index (χ4n) is 3.23. The standard InChI is InChI=1S/C23H29FN4O6/c1-5-8-32-21-25-22(33-9-6-2)27-23(26-21)34-15-17-14-28(7-10-31-17)13-16-11-19(29-3)20(30-4)12-18(16)24/h5-6,11-12,17H,1-2,7-10,13-15H2,3-4H3. The van der Waals surface area contributed by atoms with E-state index in [-0.39, 0.29) is 49.8 Å². The number of benzene rings is 1. The molecule has 0 bridgehead atoms. The molecular weight excluding hydrogens is 447 g/mol. The van der Waals surface area contributed by atoms with Crippen molar-refractivity contribution in [2.45, 2.75) is 12.6 Å². The number of hydrogen-bond acceptors (Lipinski definition) is 10. The molecule has 2 heterocycles. The predicted molar refractivity (Wildman–Crippen MR) is 121 cm³/mol. The van der Waals surface area contributed by atoms with E-state index in [1.807, 2.05) is 0 Å². The lowest BCUT2D eigenvalue weighted by Crippen LogP contribution is -2.44. The largest absolute Gasteiger partial charge is 0.493 e. The Morgan fingerprint density at radius 3 is 2.18 bits per heavy atom. The van der Waals surface area contributed by atoms with Gasteiger partial charge >= 0.3 is 18.0 Å². The molecule has 3 rings (SSSR count). The van der Waals surface area contributed by atoms with Gasteiger partial charge in [-0.2, -0.15) is 0 Å². The average Bonchev–Trinajstić information content (AvgIpc) is 2.86. The van der Waals surface area contributed by atoms with Crippen molar-refractivity contribution in [3.05, 3.63) is 48.8 Å². The van der Waals surface area contributed by atoms with Crippen LogP contribution in [0.1, 0.15) is 5.56 Å². The summed E-state index contributed by atoms with van der Waals surface area (Å²) in [5.41, 5.74) is 0.504. The first-order chi connectivity index (χ1) is 16.6. The van der Waals surface area contributed by atoms with Crippen molar-refractivity contribution in [1.29, 1.82) is 0 Å². The first-order valence-corrected chi connectivity index (χ1v) is 10.7. The molecule has 1 aliphatic rings. The summed E-state index contributed by atoms with van der Waals surface area (Å²) in [6, 6.07) is 3.13. The first-order valence-electron chi connectivity index (χ1n) is 10.7. The van der Waals surface area contributed by atoms with Gasteiger partial charge in [-0.25, -0.2) is 4.39 Å². The number of rotatable bonds is 13. The van der Waals surface area contributed by atoms with Gasteiger partial charge in [0.2, 0.25) is 0 Å². The predicted octanol–water partition coefficient (Wildman–Crippen LogP) is 2.44. The zero-order valence-electron chi connectivity index (χ0n) is 19.4. The molecule has 1 fully saturated rings. The van der Waals surface area contributed by atoms with Gasteiger partial charge in [-0.3, -0.25) is 4.90 Å². The summed E-state index contributed by atoms with van der Waals surface area (Å²) in [5, 5.41) is 0. The Morgan fingerprint density at radius 1 is 1.00 bits per heavy atom. The second-order valence-corrected chi connectivity index (χ2v) is 7.22. The molecule has 10 nitrogen and oxygen atoms in total. The number of nitrogens with zero attached hydrogens (tertiary/aromatic N) is 4. The maximum absolute atomic E-state index is 14.6. The highest BCUT2D eigenvalue weighted by molar-refractivity contribution is 5.43. The fraction of sp³-hybridized carbons (Fsp3) is 0.435. The monoisotopic (exact) mass is 476 g/mol. The number of ether oxygens (including phenoxy) is 6. The molecular formula is C23H29FN4O6. The highest BCUT2D eigenvalue weighted by Crippen LogP contribution is 2.30. The lowest BCUT2D eigenvalue weighted by Gasteiger charge is -2.32. The second kappa shape index (κ2) is 12.7. The topological polar surface area (TPSA) is 97.3 Å². The average molecular weight is 477 g/mol. The first kappa shape index (κ1) is 25.2. The molecule has 11 heteroatoms. The molecule has 34 heavy (non-hydrogen) atoms. The van der Waals surface area contributed by atoms with Crippen LogP contribution in [0.15, 0.2) is 37.4 Å². The van der Waals surface area contributed by atoms with E-state index >= 15 is 0 Å². The van der Waals surface area contributed by atoms with Gasteiger partial charge in [0, 0.05) is 31.3 Å². The number of methoxy groups -OCH3 is 2. The van der Waals surface area contributed by atoms with E-state index in [9.17, 15) is 4.39 Å². The molecule has 184 valence electrons. The van der Waals surface area contributed by atoms with Crippen LogP contribution in [0.4, 0.5) is 4.39 Å². The van der Waals surface area contributed by atoms with Crippen LogP contribution in [-0.4, -0.2) is 79.7 Å². The van der Waals surface area contributed by atoms with Gasteiger partial charge in [0.1, 0.15) is 31.7 Å². The van der Waals surface area contributed by atoms with Crippen LogP contribution < -0.4 is 23.7 Å². The molecule has 1 unspecified atom stereocenters. The minimum atomic E-state index is -0.360. The lowest BCUT2D eigenvalue weighted by molar-refractivity contribution is -0.0520. The Bertz CT molecular complexity index is 946. The number of halogens is 1. The molecule has 0 N–H and O–H groups in total. The Balaban J connectivity index is 1.62. The van der Waals surface area contributed by atoms with E-state index in [1.54, 1.807) is 18.2 Å². The summed E-state index contributed by atoms with van der Waals surface area (Å²) < 4.78 is 47.3. The minimum absolute atomic E-state index is 0.0415. The Labute approximate surface area is 197 Å². The van der Waals surface area contributed by atoms with Gasteiger partial charge in [0.25, 0.3) is 0 Å². The summed E-state index contributed by atoms with van der Waals surface area (Å²) >= 11 is 0.